The smallest absolute Gasteiger partial charge is 0.320 e. The summed E-state index contributed by atoms with van der Waals surface area (Å²) >= 11 is 0. The van der Waals surface area contributed by atoms with Crippen LogP contribution in [0.5, 0.6) is 0 Å². The van der Waals surface area contributed by atoms with Crippen LogP contribution in [0.3, 0.4) is 0 Å². The third-order valence-electron chi connectivity index (χ3n) is 4.58. The van der Waals surface area contributed by atoms with Crippen LogP contribution in [-0.2, 0) is 6.54 Å². The van der Waals surface area contributed by atoms with Crippen molar-refractivity contribution >= 4 is 11.7 Å². The van der Waals surface area contributed by atoms with E-state index in [1.807, 2.05) is 53.0 Å². The van der Waals surface area contributed by atoms with Crippen molar-refractivity contribution in [1.82, 2.24) is 34.9 Å². The Kier molecular flexibility index (Phi) is 4.34. The highest BCUT2D eigenvalue weighted by molar-refractivity contribution is 5.89. The van der Waals surface area contributed by atoms with E-state index in [9.17, 15) is 4.79 Å². The Morgan fingerprint density at radius 1 is 1.31 bits per heavy atom. The molecule has 1 aliphatic heterocycles. The van der Waals surface area contributed by atoms with Gasteiger partial charge < -0.3 is 10.2 Å². The van der Waals surface area contributed by atoms with Gasteiger partial charge in [0.05, 0.1) is 18.3 Å². The second-order valence-electron chi connectivity index (χ2n) is 6.33. The van der Waals surface area contributed by atoms with Crippen LogP contribution < -0.4 is 5.32 Å². The van der Waals surface area contributed by atoms with Crippen molar-refractivity contribution < 1.29 is 4.79 Å². The number of anilines is 1. The third-order valence-corrected chi connectivity index (χ3v) is 4.58. The van der Waals surface area contributed by atoms with Gasteiger partial charge in [-0.3, -0.25) is 4.68 Å². The first-order chi connectivity index (χ1) is 12.7. The van der Waals surface area contributed by atoms with Gasteiger partial charge in [0, 0.05) is 24.6 Å². The lowest BCUT2D eigenvalue weighted by Gasteiger charge is -2.25. The van der Waals surface area contributed by atoms with Crippen molar-refractivity contribution in [3.8, 4) is 5.69 Å². The quantitative estimate of drug-likeness (QED) is 0.773. The Balaban J connectivity index is 1.41. The minimum Gasteiger partial charge on any atom is -0.320 e. The van der Waals surface area contributed by atoms with Crippen molar-refractivity contribution in [3.63, 3.8) is 0 Å². The summed E-state index contributed by atoms with van der Waals surface area (Å²) in [6, 6.07) is 9.45. The summed E-state index contributed by atoms with van der Waals surface area (Å²) in [6.45, 7) is 3.32. The van der Waals surface area contributed by atoms with Crippen molar-refractivity contribution in [1.29, 1.82) is 0 Å². The molecular weight excluding hydrogens is 332 g/mol. The number of hydrogen-bond acceptors (Lipinski definition) is 5. The van der Waals surface area contributed by atoms with Crippen molar-refractivity contribution in [2.24, 2.45) is 0 Å². The van der Waals surface area contributed by atoms with Crippen LogP contribution in [0, 0.1) is 6.92 Å². The number of aryl methyl sites for hydroxylation is 1. The number of urea groups is 1. The van der Waals surface area contributed by atoms with E-state index < -0.39 is 0 Å². The van der Waals surface area contributed by atoms with Gasteiger partial charge in [-0.05, 0) is 60.5 Å². The topological polar surface area (TPSA) is 93.8 Å². The van der Waals surface area contributed by atoms with Gasteiger partial charge in [-0.1, -0.05) is 0 Å². The fourth-order valence-electron chi connectivity index (χ4n) is 3.27. The third kappa shape index (κ3) is 3.28. The fourth-order valence-corrected chi connectivity index (χ4v) is 3.27. The van der Waals surface area contributed by atoms with Crippen molar-refractivity contribution in [3.05, 3.63) is 48.5 Å². The molecule has 3 heterocycles. The number of aromatic nitrogens is 6. The second kappa shape index (κ2) is 6.95. The number of amides is 2. The van der Waals surface area contributed by atoms with Gasteiger partial charge in [-0.15, -0.1) is 5.10 Å². The van der Waals surface area contributed by atoms with Crippen LogP contribution in [0.1, 0.15) is 18.7 Å². The molecule has 9 nitrogen and oxygen atoms in total. The molecule has 0 aliphatic carbocycles. The number of rotatable bonds is 4. The fraction of sp³-hybridized carbons (Fsp3) is 0.353. The van der Waals surface area contributed by atoms with Crippen LogP contribution in [-0.4, -0.2) is 53.5 Å². The van der Waals surface area contributed by atoms with Gasteiger partial charge in [0.25, 0.3) is 0 Å². The number of hydrogen-bond donors (Lipinski definition) is 1. The average molecular weight is 352 g/mol. The molecule has 2 aromatic heterocycles. The van der Waals surface area contributed by atoms with E-state index in [2.05, 4.69) is 25.9 Å². The number of nitrogens with one attached hydrogen (secondary N) is 1. The first-order valence-corrected chi connectivity index (χ1v) is 8.61. The van der Waals surface area contributed by atoms with E-state index in [0.717, 1.165) is 37.3 Å². The molecule has 26 heavy (non-hydrogen) atoms. The lowest BCUT2D eigenvalue weighted by Crippen LogP contribution is -2.40. The first kappa shape index (κ1) is 16.2. The summed E-state index contributed by atoms with van der Waals surface area (Å²) in [7, 11) is 0. The zero-order chi connectivity index (χ0) is 17.9. The molecule has 4 rings (SSSR count). The van der Waals surface area contributed by atoms with Gasteiger partial charge in [0.15, 0.2) is 5.82 Å². The molecule has 134 valence electrons. The largest absolute Gasteiger partial charge is 0.322 e. The molecule has 1 saturated heterocycles. The summed E-state index contributed by atoms with van der Waals surface area (Å²) in [5.74, 6) is 0.709. The Bertz CT molecular complexity index is 871. The number of likely N-dealkylation sites (tertiary alicyclic amines) is 1. The maximum atomic E-state index is 12.7. The minimum absolute atomic E-state index is 0.0778. The Morgan fingerprint density at radius 3 is 2.85 bits per heavy atom. The van der Waals surface area contributed by atoms with Crippen molar-refractivity contribution in [2.45, 2.75) is 32.4 Å². The summed E-state index contributed by atoms with van der Waals surface area (Å²) in [5, 5.41) is 18.7. The molecule has 1 N–H and O–H groups in total. The second-order valence-corrected chi connectivity index (χ2v) is 6.33. The zero-order valence-corrected chi connectivity index (χ0v) is 14.5. The molecule has 3 aromatic rings. The molecule has 1 aromatic carbocycles. The maximum absolute atomic E-state index is 12.7. The highest BCUT2D eigenvalue weighted by Crippen LogP contribution is 2.21. The zero-order valence-electron chi connectivity index (χ0n) is 14.5. The van der Waals surface area contributed by atoms with Gasteiger partial charge in [-0.2, -0.15) is 9.78 Å². The van der Waals surface area contributed by atoms with Crippen LogP contribution in [0.4, 0.5) is 10.5 Å². The lowest BCUT2D eigenvalue weighted by atomic mass is 10.2. The van der Waals surface area contributed by atoms with E-state index in [0.29, 0.717) is 5.82 Å². The Morgan fingerprint density at radius 2 is 2.15 bits per heavy atom. The highest BCUT2D eigenvalue weighted by Gasteiger charge is 2.29. The average Bonchev–Trinajstić information content (AvgIpc) is 3.38. The number of benzene rings is 1. The number of tetrazole rings is 1. The van der Waals surface area contributed by atoms with Gasteiger partial charge in [0.1, 0.15) is 0 Å². The number of carbonyl (C=O) groups is 1. The lowest BCUT2D eigenvalue weighted by molar-refractivity contribution is 0.199. The molecule has 0 spiro atoms. The van der Waals surface area contributed by atoms with Gasteiger partial charge in [0.2, 0.25) is 0 Å². The summed E-state index contributed by atoms with van der Waals surface area (Å²) in [4.78, 5) is 14.6. The van der Waals surface area contributed by atoms with Crippen molar-refractivity contribution in [2.75, 3.05) is 11.9 Å². The number of nitrogens with zero attached hydrogens (tertiary/aromatic N) is 7. The van der Waals surface area contributed by atoms with E-state index in [4.69, 9.17) is 0 Å². The standard InChI is InChI=1S/C17H20N8O/c1-13-20-21-22-25(13)15-7-5-14(6-8-15)19-17(26)24-11-2-4-16(24)12-23-10-3-9-18-23/h3,5-10,16H,2,4,11-12H2,1H3,(H,19,26)/t16-/m1/s1. The molecule has 1 aliphatic rings. The van der Waals surface area contributed by atoms with Gasteiger partial charge >= 0.3 is 6.03 Å². The SMILES string of the molecule is Cc1nnnn1-c1ccc(NC(=O)N2CCC[C@@H]2Cn2cccn2)cc1. The highest BCUT2D eigenvalue weighted by atomic mass is 16.2. The molecule has 2 amide bonds. The van der Waals surface area contributed by atoms with Crippen LogP contribution >= 0.6 is 0 Å². The Hall–Kier alpha value is -3.23. The predicted molar refractivity (Wildman–Crippen MR) is 94.9 cm³/mol. The summed E-state index contributed by atoms with van der Waals surface area (Å²) in [5.41, 5.74) is 1.59. The first-order valence-electron chi connectivity index (χ1n) is 8.61. The molecule has 9 heteroatoms. The van der Waals surface area contributed by atoms with Gasteiger partial charge in [-0.25, -0.2) is 4.79 Å². The molecule has 1 atom stereocenters. The maximum Gasteiger partial charge on any atom is 0.322 e. The Labute approximate surface area is 150 Å². The monoisotopic (exact) mass is 352 g/mol. The molecule has 1 fully saturated rings. The van der Waals surface area contributed by atoms with E-state index >= 15 is 0 Å². The normalized spacial score (nSPS) is 16.8. The molecule has 0 radical (unpaired) electrons. The van der Waals surface area contributed by atoms with E-state index in [1.165, 1.54) is 0 Å². The van der Waals surface area contributed by atoms with E-state index in [1.54, 1.807) is 10.9 Å². The predicted octanol–water partition coefficient (Wildman–Crippen LogP) is 1.86. The number of carbonyl (C=O) groups excluding carboxylic acids is 1. The summed E-state index contributed by atoms with van der Waals surface area (Å²) < 4.78 is 3.52. The van der Waals surface area contributed by atoms with Crippen LogP contribution in [0.15, 0.2) is 42.7 Å². The molecule has 0 bridgehead atoms. The summed E-state index contributed by atoms with van der Waals surface area (Å²) in [6.07, 6.45) is 5.68. The molecular formula is C17H20N8O. The minimum atomic E-state index is -0.0778. The molecule has 0 saturated carbocycles. The molecule has 0 unspecified atom stereocenters. The van der Waals surface area contributed by atoms with Crippen LogP contribution in [0.2, 0.25) is 0 Å². The van der Waals surface area contributed by atoms with E-state index in [-0.39, 0.29) is 12.1 Å². The van der Waals surface area contributed by atoms with Crippen LogP contribution in [0.25, 0.3) is 5.69 Å².